The summed E-state index contributed by atoms with van der Waals surface area (Å²) in [7, 11) is 2.60. The van der Waals surface area contributed by atoms with Crippen LogP contribution in [-0.4, -0.2) is 87.9 Å². The molecular weight excluding hydrogens is 643 g/mol. The van der Waals surface area contributed by atoms with Crippen molar-refractivity contribution in [2.75, 3.05) is 40.5 Å². The van der Waals surface area contributed by atoms with Crippen LogP contribution >= 0.6 is 0 Å². The molecule has 0 aromatic rings. The number of rotatable bonds is 10. The topological polar surface area (TPSA) is 89.3 Å². The van der Waals surface area contributed by atoms with E-state index in [0.29, 0.717) is 0 Å². The van der Waals surface area contributed by atoms with E-state index in [4.69, 9.17) is 0 Å². The third-order valence-electron chi connectivity index (χ3n) is 4.20. The molecule has 0 unspecified atom stereocenters. The number of halogens is 12. The van der Waals surface area contributed by atoms with Gasteiger partial charge in [0.05, 0.1) is 37.5 Å². The summed E-state index contributed by atoms with van der Waals surface area (Å²) in [5, 5.41) is 22.1. The van der Waals surface area contributed by atoms with Crippen LogP contribution in [0.2, 0.25) is 0 Å². The smallest absolute Gasteiger partial charge is 0.836 e. The third kappa shape index (κ3) is 12.6. The van der Waals surface area contributed by atoms with Crippen molar-refractivity contribution in [2.45, 2.75) is 62.6 Å². The van der Waals surface area contributed by atoms with Gasteiger partial charge < -0.3 is 19.7 Å². The zero-order valence-electron chi connectivity index (χ0n) is 19.6. The normalized spacial score (nSPS) is 14.6. The number of methoxy groups -OCH3 is 2. The van der Waals surface area contributed by atoms with Crippen molar-refractivity contribution < 1.29 is 92.8 Å². The first-order valence-corrected chi connectivity index (χ1v) is 9.56. The molecule has 0 aliphatic heterocycles. The Kier molecular flexibility index (Phi) is 17.0. The average molecular weight is 667 g/mol. The average Bonchev–Trinajstić information content (AvgIpc) is 2.65. The van der Waals surface area contributed by atoms with Crippen LogP contribution in [0.25, 0.3) is 0 Å². The monoisotopic (exact) mass is 666 g/mol. The van der Waals surface area contributed by atoms with Gasteiger partial charge in [-0.2, -0.15) is 52.7 Å². The standard InChI is InChI=1S/2C9H12F6NO2.Pd/c2*1-6(16-3-4-18-2)5-7(17,8(10,11)12)9(13,14)15;/h2*3-5H2,1-2H3;/q2*-1;+2. The Balaban J connectivity index is -0.000000608. The minimum absolute atomic E-state index is 0. The largest absolute Gasteiger partial charge is 2.00 e. The summed E-state index contributed by atoms with van der Waals surface area (Å²) in [5.41, 5.74) is -11.1. The molecule has 0 spiro atoms. The molecule has 0 bridgehead atoms. The van der Waals surface area contributed by atoms with Crippen molar-refractivity contribution in [1.29, 1.82) is 0 Å². The molecule has 0 atom stereocenters. The van der Waals surface area contributed by atoms with Crippen LogP contribution in [0.1, 0.15) is 26.7 Å². The number of hydrogen-bond acceptors (Lipinski definition) is 6. The SMILES string of the molecule is COCCN=C(C)CC([O-])(C(F)(F)F)C(F)(F)F.COCCN=C(C)CC([O-])(C(F)(F)F)C(F)(F)F.[Pd+2]. The Bertz CT molecular complexity index is 631. The van der Waals surface area contributed by atoms with E-state index < -0.39 is 60.2 Å². The molecule has 0 saturated heterocycles. The second kappa shape index (κ2) is 15.6. The second-order valence-electron chi connectivity index (χ2n) is 7.22. The first-order chi connectivity index (χ1) is 15.9. The molecule has 224 valence electrons. The first kappa shape index (κ1) is 40.5. The zero-order valence-corrected chi connectivity index (χ0v) is 21.2. The predicted molar refractivity (Wildman–Crippen MR) is 98.6 cm³/mol. The number of ether oxygens (including phenoxy) is 2. The predicted octanol–water partition coefficient (Wildman–Crippen LogP) is 3.41. The van der Waals surface area contributed by atoms with Crippen molar-refractivity contribution in [3.05, 3.63) is 0 Å². The van der Waals surface area contributed by atoms with E-state index in [1.54, 1.807) is 0 Å². The zero-order chi connectivity index (χ0) is 29.2. The number of hydrogen-bond donors (Lipinski definition) is 0. The van der Waals surface area contributed by atoms with E-state index in [2.05, 4.69) is 19.5 Å². The van der Waals surface area contributed by atoms with Gasteiger partial charge in [0.1, 0.15) is 0 Å². The van der Waals surface area contributed by atoms with E-state index in [1.165, 1.54) is 14.2 Å². The fourth-order valence-corrected chi connectivity index (χ4v) is 2.21. The first-order valence-electron chi connectivity index (χ1n) is 9.56. The van der Waals surface area contributed by atoms with E-state index >= 15 is 0 Å². The molecule has 0 rings (SSSR count). The third-order valence-corrected chi connectivity index (χ3v) is 4.20. The molecule has 0 aliphatic rings. The Labute approximate surface area is 217 Å². The van der Waals surface area contributed by atoms with Gasteiger partial charge in [-0.15, -0.1) is 0 Å². The quantitative estimate of drug-likeness (QED) is 0.155. The van der Waals surface area contributed by atoms with Crippen LogP contribution in [0, 0.1) is 0 Å². The molecule has 0 aromatic heterocycles. The summed E-state index contributed by atoms with van der Waals surface area (Å²) < 4.78 is 156. The van der Waals surface area contributed by atoms with Crippen molar-refractivity contribution in [2.24, 2.45) is 9.98 Å². The minimum atomic E-state index is -5.93. The molecule has 0 aliphatic carbocycles. The summed E-state index contributed by atoms with van der Waals surface area (Å²) in [6, 6.07) is 0. The van der Waals surface area contributed by atoms with Gasteiger partial charge in [0.15, 0.2) is 0 Å². The molecule has 6 nitrogen and oxygen atoms in total. The van der Waals surface area contributed by atoms with Gasteiger partial charge in [0.2, 0.25) is 0 Å². The number of nitrogens with zero attached hydrogens (tertiary/aromatic N) is 2. The molecule has 19 heteroatoms. The van der Waals surface area contributed by atoms with E-state index in [1.807, 2.05) is 0 Å². The maximum absolute atomic E-state index is 12.2. The van der Waals surface area contributed by atoms with Crippen LogP contribution < -0.4 is 10.2 Å². The summed E-state index contributed by atoms with van der Waals surface area (Å²) in [6.07, 6.45) is -27.2. The molecule has 0 saturated carbocycles. The van der Waals surface area contributed by atoms with Gasteiger partial charge in [-0.05, 0) is 26.7 Å². The van der Waals surface area contributed by atoms with E-state index in [-0.39, 0.29) is 46.7 Å². The summed E-state index contributed by atoms with van der Waals surface area (Å²) in [6.45, 7) is 1.77. The van der Waals surface area contributed by atoms with E-state index in [9.17, 15) is 62.9 Å². The fourth-order valence-electron chi connectivity index (χ4n) is 2.21. The molecule has 0 heterocycles. The van der Waals surface area contributed by atoms with Gasteiger partial charge in [-0.3, -0.25) is 9.98 Å². The molecular formula is C18H24F12N2O4Pd. The van der Waals surface area contributed by atoms with Crippen molar-refractivity contribution in [3.63, 3.8) is 0 Å². The number of aliphatic imine (C=N–C) groups is 2. The minimum Gasteiger partial charge on any atom is -0.836 e. The van der Waals surface area contributed by atoms with Crippen molar-refractivity contribution in [3.8, 4) is 0 Å². The molecule has 0 N–H and O–H groups in total. The van der Waals surface area contributed by atoms with Gasteiger partial charge in [-0.25, -0.2) is 0 Å². The molecule has 0 fully saturated rings. The van der Waals surface area contributed by atoms with Gasteiger partial charge in [-0.1, -0.05) is 0 Å². The van der Waals surface area contributed by atoms with Crippen LogP contribution in [-0.2, 0) is 29.9 Å². The second-order valence-corrected chi connectivity index (χ2v) is 7.22. The van der Waals surface area contributed by atoms with Crippen molar-refractivity contribution >= 4 is 11.4 Å². The van der Waals surface area contributed by atoms with Crippen LogP contribution in [0.4, 0.5) is 52.7 Å². The Hall–Kier alpha value is -0.998. The molecule has 0 aromatic carbocycles. The van der Waals surface area contributed by atoms with Crippen LogP contribution in [0.5, 0.6) is 0 Å². The molecule has 0 amide bonds. The Morgan fingerprint density at radius 2 is 0.784 bits per heavy atom. The van der Waals surface area contributed by atoms with Gasteiger partial charge in [0, 0.05) is 25.6 Å². The maximum atomic E-state index is 12.2. The maximum Gasteiger partial charge on any atom is 2.00 e. The molecule has 0 radical (unpaired) electrons. The Morgan fingerprint density at radius 3 is 0.946 bits per heavy atom. The summed E-state index contributed by atoms with van der Waals surface area (Å²) in [4.78, 5) is 6.84. The Morgan fingerprint density at radius 1 is 0.568 bits per heavy atom. The molecule has 37 heavy (non-hydrogen) atoms. The van der Waals surface area contributed by atoms with E-state index in [0.717, 1.165) is 13.8 Å². The summed E-state index contributed by atoms with van der Waals surface area (Å²) >= 11 is 0. The fraction of sp³-hybridized carbons (Fsp3) is 0.889. The number of alkyl halides is 12. The van der Waals surface area contributed by atoms with Crippen LogP contribution in [0.15, 0.2) is 9.98 Å². The van der Waals surface area contributed by atoms with Crippen LogP contribution in [0.3, 0.4) is 0 Å². The summed E-state index contributed by atoms with van der Waals surface area (Å²) in [5.74, 6) is 0. The van der Waals surface area contributed by atoms with Gasteiger partial charge in [0.25, 0.3) is 0 Å². The van der Waals surface area contributed by atoms with Gasteiger partial charge >= 0.3 is 45.1 Å². The van der Waals surface area contributed by atoms with Crippen molar-refractivity contribution in [1.82, 2.24) is 0 Å².